The number of carbonyl (C=O) groups excluding carboxylic acids is 1. The Kier molecular flexibility index (Phi) is 6.86. The average Bonchev–Trinajstić information content (AvgIpc) is 2.63. The lowest BCUT2D eigenvalue weighted by Gasteiger charge is -2.31. The number of nitrogens with two attached hydrogens (primary N) is 1. The van der Waals surface area contributed by atoms with Gasteiger partial charge in [0, 0.05) is 11.4 Å². The lowest BCUT2D eigenvalue weighted by molar-refractivity contribution is -0.122. The molecule has 2 aromatic rings. The maximum atomic E-state index is 12.6. The van der Waals surface area contributed by atoms with Gasteiger partial charge in [0.25, 0.3) is 10.0 Å². The highest BCUT2D eigenvalue weighted by Crippen LogP contribution is 2.27. The number of rotatable bonds is 5. The van der Waals surface area contributed by atoms with E-state index >= 15 is 0 Å². The molecule has 0 spiro atoms. The van der Waals surface area contributed by atoms with E-state index in [1.165, 1.54) is 12.1 Å². The summed E-state index contributed by atoms with van der Waals surface area (Å²) in [6, 6.07) is 14.8. The van der Waals surface area contributed by atoms with E-state index in [0.29, 0.717) is 24.2 Å². The third-order valence-corrected chi connectivity index (χ3v) is 6.01. The second-order valence-corrected chi connectivity index (χ2v) is 8.35. The Bertz CT molecular complexity index is 882. The fourth-order valence-electron chi connectivity index (χ4n) is 3.13. The summed E-state index contributed by atoms with van der Waals surface area (Å²) in [7, 11) is -3.74. The molecular weight excluding hydrogens is 386 g/mol. The van der Waals surface area contributed by atoms with E-state index in [-0.39, 0.29) is 23.2 Å². The molecule has 0 unspecified atom stereocenters. The predicted octanol–water partition coefficient (Wildman–Crippen LogP) is 3.51. The van der Waals surface area contributed by atoms with Crippen LogP contribution in [0, 0.1) is 0 Å². The summed E-state index contributed by atoms with van der Waals surface area (Å²) >= 11 is 0. The van der Waals surface area contributed by atoms with Gasteiger partial charge < -0.3 is 11.1 Å². The standard InChI is InChI=1S/C19H23N3O3S.ClH/c20-19(12-5-2-6-13-19)18(23)21-16-10-7-11-17(14-16)26(24,25)22-15-8-3-1-4-9-15;/h1,3-4,7-11,14,22H,2,5-6,12-13,20H2,(H,21,23);1H. The quantitative estimate of drug-likeness (QED) is 0.703. The van der Waals surface area contributed by atoms with Gasteiger partial charge >= 0.3 is 0 Å². The van der Waals surface area contributed by atoms with Gasteiger partial charge in [-0.05, 0) is 43.2 Å². The SMILES string of the molecule is Cl.NC1(C(=O)Nc2cccc(S(=O)(=O)Nc3ccccc3)c2)CCCCC1. The van der Waals surface area contributed by atoms with E-state index in [1.807, 2.05) is 6.07 Å². The number of hydrogen-bond acceptors (Lipinski definition) is 4. The summed E-state index contributed by atoms with van der Waals surface area (Å²) in [5, 5.41) is 2.77. The van der Waals surface area contributed by atoms with Crippen molar-refractivity contribution in [1.29, 1.82) is 0 Å². The van der Waals surface area contributed by atoms with Gasteiger partial charge in [0.15, 0.2) is 0 Å². The minimum atomic E-state index is -3.74. The van der Waals surface area contributed by atoms with Crippen LogP contribution in [-0.2, 0) is 14.8 Å². The molecule has 0 atom stereocenters. The van der Waals surface area contributed by atoms with Crippen molar-refractivity contribution < 1.29 is 13.2 Å². The Morgan fingerprint density at radius 3 is 2.22 bits per heavy atom. The molecule has 1 saturated carbocycles. The van der Waals surface area contributed by atoms with E-state index in [0.717, 1.165) is 19.3 Å². The number of carbonyl (C=O) groups is 1. The molecule has 0 aromatic heterocycles. The second kappa shape index (κ2) is 8.73. The van der Waals surface area contributed by atoms with Crippen LogP contribution in [0.2, 0.25) is 0 Å². The highest BCUT2D eigenvalue weighted by atomic mass is 35.5. The number of sulfonamides is 1. The number of benzene rings is 2. The molecule has 0 bridgehead atoms. The average molecular weight is 410 g/mol. The number of anilines is 2. The third-order valence-electron chi connectivity index (χ3n) is 4.63. The highest BCUT2D eigenvalue weighted by molar-refractivity contribution is 7.92. The number of halogens is 1. The van der Waals surface area contributed by atoms with Gasteiger partial charge in [0.2, 0.25) is 5.91 Å². The van der Waals surface area contributed by atoms with Crippen molar-refractivity contribution in [3.8, 4) is 0 Å². The maximum absolute atomic E-state index is 12.6. The molecule has 27 heavy (non-hydrogen) atoms. The van der Waals surface area contributed by atoms with Gasteiger partial charge in [-0.15, -0.1) is 12.4 Å². The molecule has 0 aliphatic heterocycles. The van der Waals surface area contributed by atoms with Crippen molar-refractivity contribution >= 4 is 39.7 Å². The van der Waals surface area contributed by atoms with Crippen molar-refractivity contribution in [2.75, 3.05) is 10.0 Å². The molecule has 1 amide bonds. The van der Waals surface area contributed by atoms with E-state index in [1.54, 1.807) is 36.4 Å². The molecule has 0 saturated heterocycles. The summed E-state index contributed by atoms with van der Waals surface area (Å²) in [6.07, 6.45) is 4.24. The van der Waals surface area contributed by atoms with Crippen molar-refractivity contribution in [2.45, 2.75) is 42.5 Å². The van der Waals surface area contributed by atoms with Gasteiger partial charge in [-0.1, -0.05) is 43.5 Å². The van der Waals surface area contributed by atoms with Crippen molar-refractivity contribution in [2.24, 2.45) is 5.73 Å². The van der Waals surface area contributed by atoms with Gasteiger partial charge in [-0.25, -0.2) is 8.42 Å². The first-order valence-electron chi connectivity index (χ1n) is 8.67. The zero-order chi connectivity index (χ0) is 18.6. The van der Waals surface area contributed by atoms with Crippen molar-refractivity contribution in [1.82, 2.24) is 0 Å². The fourth-order valence-corrected chi connectivity index (χ4v) is 4.23. The molecule has 2 aromatic carbocycles. The third kappa shape index (κ3) is 5.22. The van der Waals surface area contributed by atoms with Crippen molar-refractivity contribution in [3.63, 3.8) is 0 Å². The molecule has 6 nitrogen and oxygen atoms in total. The summed E-state index contributed by atoms with van der Waals surface area (Å²) in [5.74, 6) is -0.261. The normalized spacial score (nSPS) is 16.0. The monoisotopic (exact) mass is 409 g/mol. The Labute approximate surface area is 166 Å². The van der Waals surface area contributed by atoms with Crippen LogP contribution in [0.3, 0.4) is 0 Å². The van der Waals surface area contributed by atoms with E-state index in [4.69, 9.17) is 5.73 Å². The topological polar surface area (TPSA) is 101 Å². The molecule has 0 heterocycles. The second-order valence-electron chi connectivity index (χ2n) is 6.67. The number of nitrogens with one attached hydrogen (secondary N) is 2. The van der Waals surface area contributed by atoms with Crippen molar-refractivity contribution in [3.05, 3.63) is 54.6 Å². The Morgan fingerprint density at radius 2 is 1.56 bits per heavy atom. The Balaban J connectivity index is 0.00000261. The van der Waals surface area contributed by atoms with Gasteiger partial charge in [-0.3, -0.25) is 9.52 Å². The molecular formula is C19H24ClN3O3S. The van der Waals surface area contributed by atoms with Crippen LogP contribution in [-0.4, -0.2) is 19.9 Å². The zero-order valence-corrected chi connectivity index (χ0v) is 16.5. The molecule has 146 valence electrons. The zero-order valence-electron chi connectivity index (χ0n) is 14.9. The van der Waals surface area contributed by atoms with Gasteiger partial charge in [-0.2, -0.15) is 0 Å². The van der Waals surface area contributed by atoms with Crippen LogP contribution in [0.5, 0.6) is 0 Å². The van der Waals surface area contributed by atoms with E-state index in [2.05, 4.69) is 10.0 Å². The minimum Gasteiger partial charge on any atom is -0.324 e. The number of para-hydroxylation sites is 1. The smallest absolute Gasteiger partial charge is 0.261 e. The Morgan fingerprint density at radius 1 is 0.926 bits per heavy atom. The first kappa shape index (κ1) is 21.2. The van der Waals surface area contributed by atoms with Crippen LogP contribution < -0.4 is 15.8 Å². The largest absolute Gasteiger partial charge is 0.324 e. The number of amides is 1. The molecule has 4 N–H and O–H groups in total. The molecule has 1 aliphatic rings. The fraction of sp³-hybridized carbons (Fsp3) is 0.316. The molecule has 1 aliphatic carbocycles. The lowest BCUT2D eigenvalue weighted by Crippen LogP contribution is -2.52. The van der Waals surface area contributed by atoms with E-state index < -0.39 is 15.6 Å². The summed E-state index contributed by atoms with van der Waals surface area (Å²) in [4.78, 5) is 12.6. The first-order valence-corrected chi connectivity index (χ1v) is 10.2. The lowest BCUT2D eigenvalue weighted by atomic mass is 9.82. The molecule has 0 radical (unpaired) electrons. The van der Waals surface area contributed by atoms with Crippen LogP contribution in [0.4, 0.5) is 11.4 Å². The summed E-state index contributed by atoms with van der Waals surface area (Å²) in [6.45, 7) is 0. The molecule has 8 heteroatoms. The minimum absolute atomic E-state index is 0. The molecule has 1 fully saturated rings. The van der Waals surface area contributed by atoms with Gasteiger partial charge in [0.1, 0.15) is 0 Å². The summed E-state index contributed by atoms with van der Waals surface area (Å²) < 4.78 is 27.6. The van der Waals surface area contributed by atoms with Crippen LogP contribution in [0.15, 0.2) is 59.5 Å². The Hall–Kier alpha value is -2.09. The molecule has 3 rings (SSSR count). The number of hydrogen-bond donors (Lipinski definition) is 3. The predicted molar refractivity (Wildman–Crippen MR) is 110 cm³/mol. The first-order chi connectivity index (χ1) is 12.4. The highest BCUT2D eigenvalue weighted by Gasteiger charge is 2.35. The van der Waals surface area contributed by atoms with E-state index in [9.17, 15) is 13.2 Å². The van der Waals surface area contributed by atoms with Gasteiger partial charge in [0.05, 0.1) is 10.4 Å². The van der Waals surface area contributed by atoms with Crippen LogP contribution >= 0.6 is 12.4 Å². The summed E-state index contributed by atoms with van der Waals surface area (Å²) in [5.41, 5.74) is 6.25. The maximum Gasteiger partial charge on any atom is 0.261 e. The van der Waals surface area contributed by atoms with Crippen LogP contribution in [0.1, 0.15) is 32.1 Å². The van der Waals surface area contributed by atoms with Crippen LogP contribution in [0.25, 0.3) is 0 Å².